The smallest absolute Gasteiger partial charge is 0.445 e. The number of aliphatic imine (C=N–C) groups is 1. The molecule has 0 radical (unpaired) electrons. The molecule has 0 fully saturated rings. The lowest BCUT2D eigenvalue weighted by molar-refractivity contribution is -0.275. The van der Waals surface area contributed by atoms with Gasteiger partial charge in [0.1, 0.15) is 6.61 Å². The number of nitrogens with zero attached hydrogens (tertiary/aromatic N) is 4. The molecule has 0 saturated heterocycles. The Labute approximate surface area is 217 Å². The van der Waals surface area contributed by atoms with Crippen molar-refractivity contribution < 1.29 is 31.8 Å². The van der Waals surface area contributed by atoms with Crippen LogP contribution in [0.4, 0.5) is 28.0 Å². The summed E-state index contributed by atoms with van der Waals surface area (Å²) < 4.78 is 60.2. The van der Waals surface area contributed by atoms with Gasteiger partial charge in [0, 0.05) is 17.3 Å². The third kappa shape index (κ3) is 7.48. The molecule has 0 saturated carbocycles. The summed E-state index contributed by atoms with van der Waals surface area (Å²) in [5.74, 6) is -2.60. The van der Waals surface area contributed by atoms with Crippen LogP contribution in [0, 0.1) is 17.3 Å². The zero-order chi connectivity index (χ0) is 27.2. The van der Waals surface area contributed by atoms with Gasteiger partial charge in [0.05, 0.1) is 28.3 Å². The van der Waals surface area contributed by atoms with E-state index in [0.717, 1.165) is 18.2 Å². The summed E-state index contributed by atoms with van der Waals surface area (Å²) in [5.41, 5.74) is 0.648. The standard InChI is InChI=1S/C22H16Cl2F4N6O3/c1-2-7-36-21(35)32-17-10-34(33-19(17)12-3-5-14(23)15(24)8-12)20(30-11-29)31-13-4-6-16(25)18(9-13)37-22(26,27)28/h2-6,8-9,17H,1,7,10H2,(H,30,31)(H,32,35)/t17-/m1/s1. The fourth-order valence-electron chi connectivity index (χ4n) is 3.09. The van der Waals surface area contributed by atoms with E-state index in [1.807, 2.05) is 0 Å². The van der Waals surface area contributed by atoms with Crippen LogP contribution >= 0.6 is 23.2 Å². The van der Waals surface area contributed by atoms with E-state index in [1.165, 1.54) is 23.2 Å². The number of nitrogens with one attached hydrogen (secondary N) is 2. The highest BCUT2D eigenvalue weighted by Crippen LogP contribution is 2.29. The Balaban J connectivity index is 1.93. The topological polar surface area (TPSA) is 111 Å². The van der Waals surface area contributed by atoms with Crippen molar-refractivity contribution in [2.75, 3.05) is 18.5 Å². The van der Waals surface area contributed by atoms with Gasteiger partial charge in [-0.2, -0.15) is 10.4 Å². The van der Waals surface area contributed by atoms with Crippen LogP contribution in [0.3, 0.4) is 0 Å². The van der Waals surface area contributed by atoms with Gasteiger partial charge in [0.25, 0.3) is 0 Å². The number of carbonyl (C=O) groups excluding carboxylic acids is 1. The maximum Gasteiger partial charge on any atom is 0.573 e. The number of alkyl carbamates (subject to hydrolysis) is 1. The summed E-state index contributed by atoms with van der Waals surface area (Å²) >= 11 is 12.1. The highest BCUT2D eigenvalue weighted by Gasteiger charge is 2.34. The van der Waals surface area contributed by atoms with Gasteiger partial charge in [0.15, 0.2) is 11.6 Å². The predicted molar refractivity (Wildman–Crippen MR) is 128 cm³/mol. The first kappa shape index (κ1) is 27.6. The van der Waals surface area contributed by atoms with Crippen LogP contribution in [0.15, 0.2) is 59.1 Å². The molecule has 2 aromatic carbocycles. The molecule has 0 spiro atoms. The fraction of sp³-hybridized carbons (Fsp3) is 0.182. The van der Waals surface area contributed by atoms with Crippen LogP contribution in [0.25, 0.3) is 0 Å². The number of rotatable bonds is 6. The molecule has 9 nitrogen and oxygen atoms in total. The number of carbonyl (C=O) groups is 1. The van der Waals surface area contributed by atoms with E-state index in [1.54, 1.807) is 12.3 Å². The van der Waals surface area contributed by atoms with Crippen molar-refractivity contribution in [2.24, 2.45) is 10.1 Å². The van der Waals surface area contributed by atoms with Gasteiger partial charge < -0.3 is 20.1 Å². The Kier molecular flexibility index (Phi) is 8.80. The molecular weight excluding hydrogens is 543 g/mol. The molecule has 0 aliphatic carbocycles. The Morgan fingerprint density at radius 1 is 1.30 bits per heavy atom. The molecule has 1 amide bonds. The van der Waals surface area contributed by atoms with Crippen LogP contribution in [0.5, 0.6) is 5.75 Å². The number of guanidine groups is 1. The predicted octanol–water partition coefficient (Wildman–Crippen LogP) is 5.28. The molecule has 2 aromatic rings. The molecule has 1 aliphatic rings. The number of hydrogen-bond donors (Lipinski definition) is 2. The molecule has 1 aliphatic heterocycles. The molecular formula is C22H16Cl2F4N6O3. The Morgan fingerprint density at radius 2 is 2.05 bits per heavy atom. The maximum absolute atomic E-state index is 13.8. The summed E-state index contributed by atoms with van der Waals surface area (Å²) in [6.45, 7) is 3.32. The van der Waals surface area contributed by atoms with Crippen molar-refractivity contribution >= 4 is 46.7 Å². The van der Waals surface area contributed by atoms with Gasteiger partial charge >= 0.3 is 12.5 Å². The fourth-order valence-corrected chi connectivity index (χ4v) is 3.39. The van der Waals surface area contributed by atoms with E-state index in [0.29, 0.717) is 5.56 Å². The lowest BCUT2D eigenvalue weighted by Crippen LogP contribution is -2.44. The van der Waals surface area contributed by atoms with Crippen LogP contribution < -0.4 is 15.4 Å². The summed E-state index contributed by atoms with van der Waals surface area (Å²) in [7, 11) is 0. The van der Waals surface area contributed by atoms with Crippen molar-refractivity contribution in [2.45, 2.75) is 12.4 Å². The normalized spacial score (nSPS) is 15.5. The first-order valence-electron chi connectivity index (χ1n) is 10.2. The van der Waals surface area contributed by atoms with E-state index < -0.39 is 30.1 Å². The third-order valence-corrected chi connectivity index (χ3v) is 5.31. The first-order chi connectivity index (χ1) is 17.5. The average molecular weight is 559 g/mol. The third-order valence-electron chi connectivity index (χ3n) is 4.57. The van der Waals surface area contributed by atoms with Gasteiger partial charge in [-0.25, -0.2) is 14.2 Å². The number of hydrogen-bond acceptors (Lipinski definition) is 6. The Bertz CT molecular complexity index is 1300. The number of alkyl halides is 3. The molecule has 0 aromatic heterocycles. The molecule has 0 unspecified atom stereocenters. The molecule has 194 valence electrons. The van der Waals surface area contributed by atoms with Crippen molar-refractivity contribution in [1.82, 2.24) is 10.3 Å². The lowest BCUT2D eigenvalue weighted by Gasteiger charge is -2.19. The second-order valence-electron chi connectivity index (χ2n) is 7.13. The highest BCUT2D eigenvalue weighted by molar-refractivity contribution is 6.42. The van der Waals surface area contributed by atoms with E-state index in [-0.39, 0.29) is 40.6 Å². The molecule has 1 heterocycles. The number of hydrazone groups is 1. The average Bonchev–Trinajstić information content (AvgIpc) is 3.24. The number of anilines is 1. The first-order valence-corrected chi connectivity index (χ1v) is 10.9. The van der Waals surface area contributed by atoms with Crippen molar-refractivity contribution in [1.29, 1.82) is 5.26 Å². The van der Waals surface area contributed by atoms with E-state index in [2.05, 4.69) is 32.0 Å². The van der Waals surface area contributed by atoms with Crippen LogP contribution in [-0.2, 0) is 4.74 Å². The van der Waals surface area contributed by atoms with Crippen LogP contribution in [-0.4, -0.2) is 48.3 Å². The number of ether oxygens (including phenoxy) is 2. The van der Waals surface area contributed by atoms with Gasteiger partial charge in [-0.3, -0.25) is 0 Å². The SMILES string of the molecule is C=CCOC(=O)N[C@@H]1CN(/C(=N\C#N)Nc2ccc(F)c(OC(F)(F)F)c2)N=C1c1ccc(Cl)c(Cl)c1. The molecule has 0 bridgehead atoms. The molecule has 3 rings (SSSR count). The maximum atomic E-state index is 13.8. The van der Waals surface area contributed by atoms with Crippen molar-refractivity contribution in [3.63, 3.8) is 0 Å². The van der Waals surface area contributed by atoms with E-state index in [9.17, 15) is 22.4 Å². The lowest BCUT2D eigenvalue weighted by atomic mass is 10.0. The van der Waals surface area contributed by atoms with Crippen LogP contribution in [0.2, 0.25) is 10.0 Å². The quantitative estimate of drug-likeness (QED) is 0.164. The summed E-state index contributed by atoms with van der Waals surface area (Å²) in [6, 6.07) is 6.38. The summed E-state index contributed by atoms with van der Waals surface area (Å²) in [4.78, 5) is 15.8. The van der Waals surface area contributed by atoms with Crippen molar-refractivity contribution in [3.05, 3.63) is 70.5 Å². The van der Waals surface area contributed by atoms with Gasteiger partial charge in [0.2, 0.25) is 12.2 Å². The zero-order valence-corrected chi connectivity index (χ0v) is 20.0. The minimum Gasteiger partial charge on any atom is -0.445 e. The van der Waals surface area contributed by atoms with Gasteiger partial charge in [-0.15, -0.1) is 18.2 Å². The molecule has 2 N–H and O–H groups in total. The molecule has 37 heavy (non-hydrogen) atoms. The number of benzene rings is 2. The zero-order valence-electron chi connectivity index (χ0n) is 18.5. The second kappa shape index (κ2) is 11.8. The number of halogens is 6. The minimum absolute atomic E-state index is 0.0584. The Morgan fingerprint density at radius 3 is 2.70 bits per heavy atom. The second-order valence-corrected chi connectivity index (χ2v) is 7.95. The van der Waals surface area contributed by atoms with Crippen molar-refractivity contribution in [3.8, 4) is 11.9 Å². The highest BCUT2D eigenvalue weighted by atomic mass is 35.5. The van der Waals surface area contributed by atoms with E-state index >= 15 is 0 Å². The molecule has 1 atom stereocenters. The van der Waals surface area contributed by atoms with Gasteiger partial charge in [-0.1, -0.05) is 41.9 Å². The van der Waals surface area contributed by atoms with Crippen LogP contribution in [0.1, 0.15) is 5.56 Å². The summed E-state index contributed by atoms with van der Waals surface area (Å²) in [5, 5.41) is 20.4. The molecule has 15 heteroatoms. The monoisotopic (exact) mass is 558 g/mol. The summed E-state index contributed by atoms with van der Waals surface area (Å²) in [6.07, 6.45) is -3.00. The van der Waals surface area contributed by atoms with Gasteiger partial charge in [-0.05, 0) is 24.3 Å². The largest absolute Gasteiger partial charge is 0.573 e. The Hall–Kier alpha value is -4.02. The van der Waals surface area contributed by atoms with E-state index in [4.69, 9.17) is 33.2 Å². The minimum atomic E-state index is -5.13. The number of nitriles is 1. The number of amides is 1.